The van der Waals surface area contributed by atoms with E-state index in [1.165, 1.54) is 11.1 Å². The summed E-state index contributed by atoms with van der Waals surface area (Å²) in [4.78, 5) is 6.61. The number of aromatic nitrogens is 3. The van der Waals surface area contributed by atoms with Gasteiger partial charge in [-0.1, -0.05) is 30.3 Å². The van der Waals surface area contributed by atoms with Gasteiger partial charge in [-0.15, -0.1) is 0 Å². The molecule has 3 heterocycles. The molecule has 3 N–H and O–H groups in total. The molecule has 0 unspecified atom stereocenters. The molecule has 5 heteroatoms. The number of nitrogens with one attached hydrogen (secondary N) is 1. The van der Waals surface area contributed by atoms with E-state index in [1.54, 1.807) is 6.20 Å². The number of nitrogens with zero attached hydrogens (tertiary/aromatic N) is 3. The van der Waals surface area contributed by atoms with Crippen LogP contribution in [0.4, 0.5) is 0 Å². The highest BCUT2D eigenvalue weighted by Gasteiger charge is 2.31. The fraction of sp³-hybridized carbons (Fsp3) is 0.263. The van der Waals surface area contributed by atoms with Crippen molar-refractivity contribution in [3.05, 3.63) is 72.2 Å². The summed E-state index contributed by atoms with van der Waals surface area (Å²) < 4.78 is 0. The minimum Gasteiger partial charge on any atom is -0.326 e. The molecule has 1 aliphatic rings. The van der Waals surface area contributed by atoms with Gasteiger partial charge < -0.3 is 5.73 Å². The zero-order valence-corrected chi connectivity index (χ0v) is 13.5. The Labute approximate surface area is 141 Å². The zero-order valence-electron chi connectivity index (χ0n) is 13.5. The number of nitrogens with two attached hydrogens (primary N) is 1. The Morgan fingerprint density at radius 2 is 1.96 bits per heavy atom. The molecule has 0 amide bonds. The van der Waals surface area contributed by atoms with Gasteiger partial charge in [-0.2, -0.15) is 5.10 Å². The fourth-order valence-electron chi connectivity index (χ4n) is 3.53. The number of aromatic amines is 1. The minimum absolute atomic E-state index is 0.168. The minimum atomic E-state index is 0.168. The Kier molecular flexibility index (Phi) is 4.11. The molecule has 2 aromatic heterocycles. The van der Waals surface area contributed by atoms with Gasteiger partial charge in [0.15, 0.2) is 0 Å². The van der Waals surface area contributed by atoms with E-state index in [9.17, 15) is 0 Å². The van der Waals surface area contributed by atoms with Gasteiger partial charge in [-0.05, 0) is 17.7 Å². The van der Waals surface area contributed by atoms with Crippen LogP contribution in [0.25, 0.3) is 11.3 Å². The SMILES string of the molecule is N[C@@H]1CN(Cc2cn[nH]c2-c2cccnc2)C[C@H]1c1ccccc1. The number of benzene rings is 1. The van der Waals surface area contributed by atoms with Crippen LogP contribution in [0.15, 0.2) is 61.1 Å². The first-order valence-electron chi connectivity index (χ1n) is 8.27. The van der Waals surface area contributed by atoms with Gasteiger partial charge in [0, 0.05) is 55.1 Å². The van der Waals surface area contributed by atoms with Gasteiger partial charge in [0.25, 0.3) is 0 Å². The van der Waals surface area contributed by atoms with Gasteiger partial charge in [0.1, 0.15) is 0 Å². The molecule has 24 heavy (non-hydrogen) atoms. The average molecular weight is 319 g/mol. The van der Waals surface area contributed by atoms with Crippen molar-refractivity contribution >= 4 is 0 Å². The number of hydrogen-bond acceptors (Lipinski definition) is 4. The summed E-state index contributed by atoms with van der Waals surface area (Å²) in [6, 6.07) is 14.7. The third kappa shape index (κ3) is 2.96. The molecule has 0 spiro atoms. The summed E-state index contributed by atoms with van der Waals surface area (Å²) in [6.07, 6.45) is 5.55. The lowest BCUT2D eigenvalue weighted by Crippen LogP contribution is -2.28. The van der Waals surface area contributed by atoms with Crippen molar-refractivity contribution in [1.29, 1.82) is 0 Å². The summed E-state index contributed by atoms with van der Waals surface area (Å²) >= 11 is 0. The Morgan fingerprint density at radius 1 is 1.08 bits per heavy atom. The number of hydrogen-bond donors (Lipinski definition) is 2. The van der Waals surface area contributed by atoms with Gasteiger partial charge in [0.2, 0.25) is 0 Å². The van der Waals surface area contributed by atoms with Crippen molar-refractivity contribution in [2.75, 3.05) is 13.1 Å². The molecule has 1 saturated heterocycles. The van der Waals surface area contributed by atoms with Gasteiger partial charge >= 0.3 is 0 Å². The summed E-state index contributed by atoms with van der Waals surface area (Å²) in [5.41, 5.74) is 11.0. The smallest absolute Gasteiger partial charge is 0.0710 e. The molecule has 3 aromatic rings. The number of pyridine rings is 1. The van der Waals surface area contributed by atoms with Gasteiger partial charge in [-0.25, -0.2) is 0 Å². The Hall–Kier alpha value is -2.50. The van der Waals surface area contributed by atoms with Crippen LogP contribution >= 0.6 is 0 Å². The molecule has 5 nitrogen and oxygen atoms in total. The maximum atomic E-state index is 6.40. The average Bonchev–Trinajstić information content (AvgIpc) is 3.23. The topological polar surface area (TPSA) is 70.8 Å². The molecule has 1 aliphatic heterocycles. The largest absolute Gasteiger partial charge is 0.326 e. The second kappa shape index (κ2) is 6.55. The normalized spacial score (nSPS) is 21.2. The first-order valence-corrected chi connectivity index (χ1v) is 8.27. The van der Waals surface area contributed by atoms with E-state index >= 15 is 0 Å². The lowest BCUT2D eigenvalue weighted by molar-refractivity contribution is 0.324. The van der Waals surface area contributed by atoms with Crippen LogP contribution in [0, 0.1) is 0 Å². The van der Waals surface area contributed by atoms with E-state index in [-0.39, 0.29) is 6.04 Å². The highest BCUT2D eigenvalue weighted by Crippen LogP contribution is 2.29. The lowest BCUT2D eigenvalue weighted by Gasteiger charge is -2.16. The first-order chi connectivity index (χ1) is 11.8. The van der Waals surface area contributed by atoms with E-state index in [0.717, 1.165) is 30.9 Å². The second-order valence-electron chi connectivity index (χ2n) is 6.39. The molecule has 1 fully saturated rings. The van der Waals surface area contributed by atoms with Crippen LogP contribution in [0.5, 0.6) is 0 Å². The van der Waals surface area contributed by atoms with Crippen LogP contribution < -0.4 is 5.73 Å². The van der Waals surface area contributed by atoms with E-state index in [0.29, 0.717) is 5.92 Å². The van der Waals surface area contributed by atoms with E-state index < -0.39 is 0 Å². The Bertz CT molecular complexity index is 784. The Balaban J connectivity index is 1.51. The van der Waals surface area contributed by atoms with Gasteiger partial charge in [0.05, 0.1) is 11.9 Å². The number of H-pyrrole nitrogens is 1. The summed E-state index contributed by atoms with van der Waals surface area (Å²) in [6.45, 7) is 2.72. The first kappa shape index (κ1) is 15.1. The summed E-state index contributed by atoms with van der Waals surface area (Å²) in [5, 5.41) is 7.33. The van der Waals surface area contributed by atoms with E-state index in [4.69, 9.17) is 5.73 Å². The van der Waals surface area contributed by atoms with Gasteiger partial charge in [-0.3, -0.25) is 15.0 Å². The Morgan fingerprint density at radius 3 is 2.75 bits per heavy atom. The molecule has 0 radical (unpaired) electrons. The fourth-order valence-corrected chi connectivity index (χ4v) is 3.53. The lowest BCUT2D eigenvalue weighted by atomic mass is 9.95. The molecular formula is C19H21N5. The molecule has 2 atom stereocenters. The van der Waals surface area contributed by atoms with E-state index in [1.807, 2.05) is 30.6 Å². The van der Waals surface area contributed by atoms with Crippen LogP contribution in [0.2, 0.25) is 0 Å². The van der Waals surface area contributed by atoms with Crippen LogP contribution in [0.1, 0.15) is 17.0 Å². The quantitative estimate of drug-likeness (QED) is 0.774. The highest BCUT2D eigenvalue weighted by atomic mass is 15.2. The molecule has 0 aliphatic carbocycles. The van der Waals surface area contributed by atoms with Crippen molar-refractivity contribution < 1.29 is 0 Å². The summed E-state index contributed by atoms with van der Waals surface area (Å²) in [7, 11) is 0. The predicted molar refractivity (Wildman–Crippen MR) is 94.3 cm³/mol. The standard InChI is InChI=1S/C19H21N5/c20-18-13-24(12-17(18)14-5-2-1-3-6-14)11-16-10-22-23-19(16)15-7-4-8-21-9-15/h1-10,17-18H,11-13,20H2,(H,22,23)/t17-,18+/m0/s1. The van der Waals surface area contributed by atoms with Crippen molar-refractivity contribution in [1.82, 2.24) is 20.1 Å². The monoisotopic (exact) mass is 319 g/mol. The highest BCUT2D eigenvalue weighted by molar-refractivity contribution is 5.61. The second-order valence-corrected chi connectivity index (χ2v) is 6.39. The molecular weight excluding hydrogens is 298 g/mol. The molecule has 4 rings (SSSR count). The third-order valence-electron chi connectivity index (χ3n) is 4.73. The molecule has 122 valence electrons. The number of rotatable bonds is 4. The van der Waals surface area contributed by atoms with Crippen molar-refractivity contribution in [3.63, 3.8) is 0 Å². The third-order valence-corrected chi connectivity index (χ3v) is 4.73. The zero-order chi connectivity index (χ0) is 16.4. The summed E-state index contributed by atoms with van der Waals surface area (Å²) in [5.74, 6) is 0.389. The maximum absolute atomic E-state index is 6.40. The molecule has 0 saturated carbocycles. The molecule has 0 bridgehead atoms. The van der Waals surface area contributed by atoms with Crippen LogP contribution in [-0.2, 0) is 6.54 Å². The number of likely N-dealkylation sites (tertiary alicyclic amines) is 1. The van der Waals surface area contributed by atoms with Crippen LogP contribution in [-0.4, -0.2) is 39.2 Å². The van der Waals surface area contributed by atoms with Crippen LogP contribution in [0.3, 0.4) is 0 Å². The van der Waals surface area contributed by atoms with Crippen molar-refractivity contribution in [2.24, 2.45) is 5.73 Å². The maximum Gasteiger partial charge on any atom is 0.0710 e. The van der Waals surface area contributed by atoms with E-state index in [2.05, 4.69) is 44.3 Å². The van der Waals surface area contributed by atoms with Crippen molar-refractivity contribution in [3.8, 4) is 11.3 Å². The molecule has 1 aromatic carbocycles. The van der Waals surface area contributed by atoms with Crippen molar-refractivity contribution in [2.45, 2.75) is 18.5 Å². The predicted octanol–water partition coefficient (Wildman–Crippen LogP) is 2.40.